The summed E-state index contributed by atoms with van der Waals surface area (Å²) in [7, 11) is 1.74. The van der Waals surface area contributed by atoms with E-state index in [9.17, 15) is 5.26 Å². The molecule has 5 rings (SSSR count). The number of fused-ring (bicyclic) bond motifs is 2. The molecule has 4 heterocycles. The van der Waals surface area contributed by atoms with Crippen molar-refractivity contribution in [1.29, 1.82) is 5.26 Å². The largest absolute Gasteiger partial charge is 0.349 e. The number of benzene rings is 1. The second-order valence-electron chi connectivity index (χ2n) is 8.80. The first-order valence-corrected chi connectivity index (χ1v) is 11.8. The SMILES string of the molecule is CC[C@@H]1CC(N)C[C@H](CC)N1c1cnc2c(-c3ccc4nn(C)c(C#N)c4c3Cl)c[nH]c2n1. The zero-order valence-corrected chi connectivity index (χ0v) is 19.8. The Kier molecular flexibility index (Phi) is 5.47. The van der Waals surface area contributed by atoms with Crippen molar-refractivity contribution in [3.05, 3.63) is 35.2 Å². The first-order valence-electron chi connectivity index (χ1n) is 11.4. The van der Waals surface area contributed by atoms with Gasteiger partial charge in [0.25, 0.3) is 0 Å². The Hall–Kier alpha value is -3.15. The van der Waals surface area contributed by atoms with Crippen LogP contribution < -0.4 is 10.6 Å². The Morgan fingerprint density at radius 2 is 1.94 bits per heavy atom. The third-order valence-corrected chi connectivity index (χ3v) is 7.24. The monoisotopic (exact) mass is 462 g/mol. The van der Waals surface area contributed by atoms with E-state index in [-0.39, 0.29) is 6.04 Å². The lowest BCUT2D eigenvalue weighted by Gasteiger charge is -2.44. The van der Waals surface area contributed by atoms with Crippen molar-refractivity contribution in [2.24, 2.45) is 12.8 Å². The summed E-state index contributed by atoms with van der Waals surface area (Å²) >= 11 is 6.79. The fraction of sp³-hybridized carbons (Fsp3) is 0.417. The average molecular weight is 463 g/mol. The van der Waals surface area contributed by atoms with Crippen molar-refractivity contribution in [2.75, 3.05) is 4.90 Å². The van der Waals surface area contributed by atoms with Gasteiger partial charge in [-0.1, -0.05) is 31.5 Å². The van der Waals surface area contributed by atoms with Gasteiger partial charge in [0, 0.05) is 42.5 Å². The second-order valence-corrected chi connectivity index (χ2v) is 9.17. The second kappa shape index (κ2) is 8.32. The maximum atomic E-state index is 9.57. The molecule has 0 bridgehead atoms. The molecule has 0 saturated carbocycles. The number of hydrogen-bond donors (Lipinski definition) is 2. The molecule has 3 aromatic heterocycles. The number of aromatic nitrogens is 5. The highest BCUT2D eigenvalue weighted by Gasteiger charge is 2.33. The van der Waals surface area contributed by atoms with Gasteiger partial charge in [-0.15, -0.1) is 0 Å². The first-order chi connectivity index (χ1) is 16.0. The highest BCUT2D eigenvalue weighted by atomic mass is 35.5. The van der Waals surface area contributed by atoms with Crippen LogP contribution in [0.3, 0.4) is 0 Å². The third-order valence-electron chi connectivity index (χ3n) is 6.85. The molecular formula is C24H27ClN8. The number of nitriles is 1. The van der Waals surface area contributed by atoms with Gasteiger partial charge < -0.3 is 15.6 Å². The van der Waals surface area contributed by atoms with Gasteiger partial charge in [-0.3, -0.25) is 4.68 Å². The van der Waals surface area contributed by atoms with E-state index in [0.29, 0.717) is 39.4 Å². The molecular weight excluding hydrogens is 436 g/mol. The summed E-state index contributed by atoms with van der Waals surface area (Å²) in [5, 5.41) is 15.1. The van der Waals surface area contributed by atoms with Gasteiger partial charge >= 0.3 is 0 Å². The molecule has 1 saturated heterocycles. The van der Waals surface area contributed by atoms with Crippen LogP contribution in [-0.2, 0) is 7.05 Å². The Bertz CT molecular complexity index is 1370. The molecule has 0 amide bonds. The average Bonchev–Trinajstić information content (AvgIpc) is 3.38. The number of piperidine rings is 1. The van der Waals surface area contributed by atoms with Crippen LogP contribution in [0.15, 0.2) is 24.5 Å². The van der Waals surface area contributed by atoms with E-state index in [1.54, 1.807) is 11.7 Å². The number of aromatic amines is 1. The van der Waals surface area contributed by atoms with E-state index >= 15 is 0 Å². The molecule has 1 aromatic carbocycles. The maximum Gasteiger partial charge on any atom is 0.159 e. The predicted octanol–water partition coefficient (Wildman–Crippen LogP) is 4.52. The summed E-state index contributed by atoms with van der Waals surface area (Å²) in [6.45, 7) is 4.40. The van der Waals surface area contributed by atoms with Gasteiger partial charge in [0.15, 0.2) is 5.65 Å². The van der Waals surface area contributed by atoms with Crippen LogP contribution in [0, 0.1) is 11.3 Å². The summed E-state index contributed by atoms with van der Waals surface area (Å²) in [4.78, 5) is 15.4. The Morgan fingerprint density at radius 3 is 2.61 bits per heavy atom. The number of rotatable bonds is 4. The molecule has 9 heteroatoms. The van der Waals surface area contributed by atoms with E-state index in [4.69, 9.17) is 27.3 Å². The molecule has 1 aliphatic rings. The zero-order valence-electron chi connectivity index (χ0n) is 19.0. The summed E-state index contributed by atoms with van der Waals surface area (Å²) in [6, 6.07) is 6.94. The van der Waals surface area contributed by atoms with Gasteiger partial charge in [-0.2, -0.15) is 10.4 Å². The number of nitrogens with one attached hydrogen (secondary N) is 1. The maximum absolute atomic E-state index is 9.57. The standard InChI is InChI=1S/C24H27ClN8/c1-4-14-8-13(27)9-15(5-2)33(14)20-12-28-23-17(11-29-24(23)30-20)16-6-7-18-21(22(16)25)19(10-26)32(3)31-18/h6-7,11-15H,4-5,8-9,27H2,1-3H3,(H,29,30)/t13?,14-,15+. The Morgan fingerprint density at radius 1 is 1.21 bits per heavy atom. The minimum absolute atomic E-state index is 0.229. The lowest BCUT2D eigenvalue weighted by Crippen LogP contribution is -2.53. The number of anilines is 1. The van der Waals surface area contributed by atoms with Crippen LogP contribution in [0.2, 0.25) is 5.02 Å². The van der Waals surface area contributed by atoms with Crippen LogP contribution in [0.4, 0.5) is 5.82 Å². The lowest BCUT2D eigenvalue weighted by atomic mass is 9.89. The predicted molar refractivity (Wildman–Crippen MR) is 131 cm³/mol. The molecule has 0 aliphatic carbocycles. The van der Waals surface area contributed by atoms with Crippen LogP contribution in [-0.4, -0.2) is 42.9 Å². The number of H-pyrrole nitrogens is 1. The van der Waals surface area contributed by atoms with E-state index < -0.39 is 0 Å². The molecule has 3 atom stereocenters. The van der Waals surface area contributed by atoms with Gasteiger partial charge in [0.05, 0.1) is 22.1 Å². The van der Waals surface area contributed by atoms with Gasteiger partial charge in [-0.25, -0.2) is 9.97 Å². The summed E-state index contributed by atoms with van der Waals surface area (Å²) in [6.07, 6.45) is 7.70. The number of halogens is 1. The zero-order chi connectivity index (χ0) is 23.3. The lowest BCUT2D eigenvalue weighted by molar-refractivity contribution is 0.329. The quantitative estimate of drug-likeness (QED) is 0.461. The van der Waals surface area contributed by atoms with E-state index in [2.05, 4.69) is 34.9 Å². The number of nitrogens with zero attached hydrogens (tertiary/aromatic N) is 6. The minimum Gasteiger partial charge on any atom is -0.349 e. The van der Waals surface area contributed by atoms with Crippen molar-refractivity contribution < 1.29 is 0 Å². The third kappa shape index (κ3) is 3.43. The molecule has 33 heavy (non-hydrogen) atoms. The van der Waals surface area contributed by atoms with Crippen molar-refractivity contribution in [3.63, 3.8) is 0 Å². The van der Waals surface area contributed by atoms with Crippen molar-refractivity contribution in [2.45, 2.75) is 57.7 Å². The molecule has 1 aliphatic heterocycles. The molecule has 1 unspecified atom stereocenters. The normalized spacial score (nSPS) is 21.1. The van der Waals surface area contributed by atoms with Gasteiger partial charge in [0.2, 0.25) is 0 Å². The molecule has 1 fully saturated rings. The van der Waals surface area contributed by atoms with Crippen molar-refractivity contribution >= 4 is 39.5 Å². The van der Waals surface area contributed by atoms with Crippen molar-refractivity contribution in [1.82, 2.24) is 24.7 Å². The van der Waals surface area contributed by atoms with E-state index in [1.807, 2.05) is 24.5 Å². The fourth-order valence-electron chi connectivity index (χ4n) is 5.22. The van der Waals surface area contributed by atoms with Crippen LogP contribution in [0.1, 0.15) is 45.2 Å². The van der Waals surface area contributed by atoms with Gasteiger partial charge in [-0.05, 0) is 31.7 Å². The number of hydrogen-bond acceptors (Lipinski definition) is 6. The molecule has 4 aromatic rings. The molecule has 0 spiro atoms. The van der Waals surface area contributed by atoms with Crippen LogP contribution >= 0.6 is 11.6 Å². The summed E-state index contributed by atoms with van der Waals surface area (Å²) in [5.41, 5.74) is 10.6. The highest BCUT2D eigenvalue weighted by Crippen LogP contribution is 2.39. The Labute approximate surface area is 197 Å². The topological polar surface area (TPSA) is 112 Å². The minimum atomic E-state index is 0.229. The molecule has 170 valence electrons. The van der Waals surface area contributed by atoms with E-state index in [1.165, 1.54) is 0 Å². The Balaban J connectivity index is 1.60. The van der Waals surface area contributed by atoms with E-state index in [0.717, 1.165) is 48.1 Å². The highest BCUT2D eigenvalue weighted by molar-refractivity contribution is 6.39. The first kappa shape index (κ1) is 21.7. The summed E-state index contributed by atoms with van der Waals surface area (Å²) < 4.78 is 1.56. The van der Waals surface area contributed by atoms with Crippen molar-refractivity contribution in [3.8, 4) is 17.2 Å². The fourth-order valence-corrected chi connectivity index (χ4v) is 5.57. The number of aryl methyl sites for hydroxylation is 1. The van der Waals surface area contributed by atoms with Gasteiger partial charge in [0.1, 0.15) is 23.1 Å². The van der Waals surface area contributed by atoms with Crippen LogP contribution in [0.25, 0.3) is 33.2 Å². The molecule has 0 radical (unpaired) electrons. The number of nitrogens with two attached hydrogens (primary N) is 1. The summed E-state index contributed by atoms with van der Waals surface area (Å²) in [5.74, 6) is 0.877. The smallest absolute Gasteiger partial charge is 0.159 e. The molecule has 8 nitrogen and oxygen atoms in total. The molecule has 3 N–H and O–H groups in total. The van der Waals surface area contributed by atoms with Crippen LogP contribution in [0.5, 0.6) is 0 Å².